The standard InChI is InChI=1S/C15H19FN2S/c1-10-9-19-14(18-10)8-13(17)15(2,3)11-4-6-12(16)7-5-11/h4-7,9,13H,8,17H2,1-3H3. The van der Waals surface area contributed by atoms with Gasteiger partial charge in [0.1, 0.15) is 5.82 Å². The minimum absolute atomic E-state index is 0.0523. The molecule has 0 spiro atoms. The summed E-state index contributed by atoms with van der Waals surface area (Å²) in [7, 11) is 0. The fourth-order valence-electron chi connectivity index (χ4n) is 2.03. The Kier molecular flexibility index (Phi) is 4.02. The molecule has 0 aliphatic rings. The van der Waals surface area contributed by atoms with E-state index in [-0.39, 0.29) is 17.3 Å². The van der Waals surface area contributed by atoms with Crippen LogP contribution in [0, 0.1) is 12.7 Å². The Bertz CT molecular complexity index is 546. The summed E-state index contributed by atoms with van der Waals surface area (Å²) < 4.78 is 13.0. The van der Waals surface area contributed by atoms with Gasteiger partial charge in [0.2, 0.25) is 0 Å². The van der Waals surface area contributed by atoms with Crippen LogP contribution in [0.15, 0.2) is 29.6 Å². The molecule has 0 saturated heterocycles. The normalized spacial score (nSPS) is 13.5. The molecule has 0 aliphatic carbocycles. The van der Waals surface area contributed by atoms with E-state index < -0.39 is 0 Å². The molecule has 2 rings (SSSR count). The quantitative estimate of drug-likeness (QED) is 0.930. The van der Waals surface area contributed by atoms with Gasteiger partial charge in [-0.1, -0.05) is 26.0 Å². The van der Waals surface area contributed by atoms with Gasteiger partial charge < -0.3 is 5.73 Å². The predicted octanol–water partition coefficient (Wildman–Crippen LogP) is 3.44. The average molecular weight is 278 g/mol. The second-order valence-corrected chi connectivity index (χ2v) is 6.36. The molecule has 19 heavy (non-hydrogen) atoms. The molecule has 4 heteroatoms. The molecule has 0 amide bonds. The number of hydrogen-bond acceptors (Lipinski definition) is 3. The van der Waals surface area contributed by atoms with Crippen LogP contribution >= 0.6 is 11.3 Å². The summed E-state index contributed by atoms with van der Waals surface area (Å²) in [5.74, 6) is -0.219. The second-order valence-electron chi connectivity index (χ2n) is 5.42. The van der Waals surface area contributed by atoms with Gasteiger partial charge in [0.15, 0.2) is 0 Å². The Morgan fingerprint density at radius 1 is 1.32 bits per heavy atom. The average Bonchev–Trinajstić information content (AvgIpc) is 2.75. The van der Waals surface area contributed by atoms with Crippen molar-refractivity contribution in [3.8, 4) is 0 Å². The smallest absolute Gasteiger partial charge is 0.123 e. The zero-order chi connectivity index (χ0) is 14.0. The highest BCUT2D eigenvalue weighted by Crippen LogP contribution is 2.28. The van der Waals surface area contributed by atoms with E-state index in [2.05, 4.69) is 18.8 Å². The van der Waals surface area contributed by atoms with Crippen molar-refractivity contribution in [3.63, 3.8) is 0 Å². The molecule has 102 valence electrons. The number of aromatic nitrogens is 1. The minimum Gasteiger partial charge on any atom is -0.327 e. The Labute approximate surface area is 117 Å². The molecule has 1 unspecified atom stereocenters. The van der Waals surface area contributed by atoms with Crippen molar-refractivity contribution in [2.75, 3.05) is 0 Å². The first-order chi connectivity index (χ1) is 8.89. The van der Waals surface area contributed by atoms with Crippen molar-refractivity contribution in [1.29, 1.82) is 0 Å². The fraction of sp³-hybridized carbons (Fsp3) is 0.400. The van der Waals surface area contributed by atoms with Crippen LogP contribution in [0.4, 0.5) is 4.39 Å². The summed E-state index contributed by atoms with van der Waals surface area (Å²) in [6.07, 6.45) is 0.739. The molecule has 0 fully saturated rings. The maximum Gasteiger partial charge on any atom is 0.123 e. The number of rotatable bonds is 4. The molecular formula is C15H19FN2S. The zero-order valence-corrected chi connectivity index (χ0v) is 12.3. The molecule has 2 aromatic rings. The number of aryl methyl sites for hydroxylation is 1. The molecule has 1 aromatic carbocycles. The fourth-order valence-corrected chi connectivity index (χ4v) is 2.87. The molecule has 0 saturated carbocycles. The summed E-state index contributed by atoms with van der Waals surface area (Å²) in [5, 5.41) is 3.09. The first-order valence-corrected chi connectivity index (χ1v) is 7.20. The van der Waals surface area contributed by atoms with E-state index in [0.717, 1.165) is 22.7 Å². The van der Waals surface area contributed by atoms with E-state index in [4.69, 9.17) is 5.73 Å². The van der Waals surface area contributed by atoms with Crippen LogP contribution in [0.25, 0.3) is 0 Å². The highest BCUT2D eigenvalue weighted by Gasteiger charge is 2.29. The van der Waals surface area contributed by atoms with Crippen LogP contribution in [0.2, 0.25) is 0 Å². The molecule has 1 aromatic heterocycles. The van der Waals surface area contributed by atoms with Crippen LogP contribution < -0.4 is 5.73 Å². The topological polar surface area (TPSA) is 38.9 Å². The molecule has 0 bridgehead atoms. The molecule has 1 heterocycles. The van der Waals surface area contributed by atoms with E-state index >= 15 is 0 Å². The van der Waals surface area contributed by atoms with Crippen molar-refractivity contribution in [2.24, 2.45) is 5.73 Å². The highest BCUT2D eigenvalue weighted by molar-refractivity contribution is 7.09. The van der Waals surface area contributed by atoms with Crippen LogP contribution in [-0.2, 0) is 11.8 Å². The number of halogens is 1. The van der Waals surface area contributed by atoms with Gasteiger partial charge in [0.05, 0.1) is 5.01 Å². The summed E-state index contributed by atoms with van der Waals surface area (Å²) >= 11 is 1.64. The van der Waals surface area contributed by atoms with Crippen molar-refractivity contribution in [3.05, 3.63) is 51.7 Å². The first-order valence-electron chi connectivity index (χ1n) is 6.32. The summed E-state index contributed by atoms with van der Waals surface area (Å²) in [6.45, 7) is 6.16. The Morgan fingerprint density at radius 2 is 1.95 bits per heavy atom. The van der Waals surface area contributed by atoms with Gasteiger partial charge in [-0.05, 0) is 24.6 Å². The van der Waals surface area contributed by atoms with E-state index in [9.17, 15) is 4.39 Å². The summed E-state index contributed by atoms with van der Waals surface area (Å²) in [6, 6.07) is 6.53. The van der Waals surface area contributed by atoms with Crippen molar-refractivity contribution < 1.29 is 4.39 Å². The number of hydrogen-bond donors (Lipinski definition) is 1. The van der Waals surface area contributed by atoms with Crippen LogP contribution in [0.3, 0.4) is 0 Å². The van der Waals surface area contributed by atoms with E-state index in [0.29, 0.717) is 0 Å². The number of nitrogens with zero attached hydrogens (tertiary/aromatic N) is 1. The number of benzene rings is 1. The van der Waals surface area contributed by atoms with Gasteiger partial charge in [-0.25, -0.2) is 9.37 Å². The molecule has 1 atom stereocenters. The van der Waals surface area contributed by atoms with Gasteiger partial charge in [-0.3, -0.25) is 0 Å². The second kappa shape index (κ2) is 5.39. The van der Waals surface area contributed by atoms with Gasteiger partial charge in [-0.2, -0.15) is 0 Å². The van der Waals surface area contributed by atoms with E-state index in [1.54, 1.807) is 11.3 Å². The minimum atomic E-state index is -0.219. The van der Waals surface area contributed by atoms with Gasteiger partial charge in [0, 0.05) is 29.0 Å². The van der Waals surface area contributed by atoms with E-state index in [1.807, 2.05) is 24.4 Å². The lowest BCUT2D eigenvalue weighted by molar-refractivity contribution is 0.405. The Morgan fingerprint density at radius 3 is 2.47 bits per heavy atom. The van der Waals surface area contributed by atoms with Crippen molar-refractivity contribution in [2.45, 2.75) is 38.6 Å². The molecule has 2 N–H and O–H groups in total. The lowest BCUT2D eigenvalue weighted by Crippen LogP contribution is -2.42. The molecule has 0 radical (unpaired) electrons. The summed E-state index contributed by atoms with van der Waals surface area (Å²) in [4.78, 5) is 4.45. The lowest BCUT2D eigenvalue weighted by atomic mass is 9.77. The van der Waals surface area contributed by atoms with Gasteiger partial charge >= 0.3 is 0 Å². The maximum absolute atomic E-state index is 13.0. The third kappa shape index (κ3) is 3.19. The molecule has 0 aliphatic heterocycles. The monoisotopic (exact) mass is 278 g/mol. The predicted molar refractivity (Wildman–Crippen MR) is 78.0 cm³/mol. The third-order valence-electron chi connectivity index (χ3n) is 3.58. The number of nitrogens with two attached hydrogens (primary N) is 1. The summed E-state index contributed by atoms with van der Waals surface area (Å²) in [5.41, 5.74) is 8.21. The first kappa shape index (κ1) is 14.2. The zero-order valence-electron chi connectivity index (χ0n) is 11.5. The molecular weight excluding hydrogens is 259 g/mol. The molecule has 2 nitrogen and oxygen atoms in total. The third-order valence-corrected chi connectivity index (χ3v) is 4.57. The number of thiazole rings is 1. The maximum atomic E-state index is 13.0. The van der Waals surface area contributed by atoms with Gasteiger partial charge in [-0.15, -0.1) is 11.3 Å². The SMILES string of the molecule is Cc1csc(CC(N)C(C)(C)c2ccc(F)cc2)n1. The Balaban J connectivity index is 2.16. The van der Waals surface area contributed by atoms with Crippen molar-refractivity contribution >= 4 is 11.3 Å². The largest absolute Gasteiger partial charge is 0.327 e. The lowest BCUT2D eigenvalue weighted by Gasteiger charge is -2.31. The van der Waals surface area contributed by atoms with Crippen LogP contribution in [0.1, 0.15) is 30.1 Å². The highest BCUT2D eigenvalue weighted by atomic mass is 32.1. The van der Waals surface area contributed by atoms with Gasteiger partial charge in [0.25, 0.3) is 0 Å². The van der Waals surface area contributed by atoms with Crippen LogP contribution in [-0.4, -0.2) is 11.0 Å². The Hall–Kier alpha value is -1.26. The van der Waals surface area contributed by atoms with Crippen molar-refractivity contribution in [1.82, 2.24) is 4.98 Å². The van der Waals surface area contributed by atoms with Crippen LogP contribution in [0.5, 0.6) is 0 Å². The van der Waals surface area contributed by atoms with E-state index in [1.165, 1.54) is 12.1 Å².